The van der Waals surface area contributed by atoms with E-state index in [1.807, 2.05) is 5.32 Å². The molecule has 0 saturated heterocycles. The molecule has 0 aliphatic rings. The van der Waals surface area contributed by atoms with E-state index in [-0.39, 0.29) is 18.0 Å². The topological polar surface area (TPSA) is 114 Å². The first-order chi connectivity index (χ1) is 13.3. The summed E-state index contributed by atoms with van der Waals surface area (Å²) in [6.07, 6.45) is 1.27. The summed E-state index contributed by atoms with van der Waals surface area (Å²) in [6, 6.07) is 9.67. The van der Waals surface area contributed by atoms with Crippen molar-refractivity contribution in [2.45, 2.75) is 6.61 Å². The second-order valence-electron chi connectivity index (χ2n) is 5.44. The van der Waals surface area contributed by atoms with Crippen LogP contribution in [0.4, 0.5) is 9.18 Å². The second kappa shape index (κ2) is 9.53. The van der Waals surface area contributed by atoms with Crippen molar-refractivity contribution in [3.8, 4) is 17.6 Å². The van der Waals surface area contributed by atoms with Crippen LogP contribution in [0.3, 0.4) is 0 Å². The van der Waals surface area contributed by atoms with Crippen LogP contribution >= 0.6 is 15.9 Å². The van der Waals surface area contributed by atoms with Crippen LogP contribution in [0.15, 0.2) is 46.4 Å². The van der Waals surface area contributed by atoms with Gasteiger partial charge in [0.2, 0.25) is 0 Å². The van der Waals surface area contributed by atoms with Gasteiger partial charge in [-0.2, -0.15) is 5.26 Å². The standard InChI is InChI=1S/C19H15BrFN3O4/c1-27-16-8-12(6-13(9-22)18(25)24-19(23)26)7-15(20)17(16)28-10-11-2-4-14(21)5-3-11/h2-8H,10H2,1H3,(H3,23,24,25,26)/b13-6-. The van der Waals surface area contributed by atoms with Gasteiger partial charge in [-0.15, -0.1) is 0 Å². The van der Waals surface area contributed by atoms with Gasteiger partial charge in [-0.3, -0.25) is 10.1 Å². The lowest BCUT2D eigenvalue weighted by Crippen LogP contribution is -2.35. The van der Waals surface area contributed by atoms with Crippen LogP contribution < -0.4 is 20.5 Å². The summed E-state index contributed by atoms with van der Waals surface area (Å²) in [4.78, 5) is 22.6. The Balaban J connectivity index is 2.28. The lowest BCUT2D eigenvalue weighted by Gasteiger charge is -2.14. The van der Waals surface area contributed by atoms with Gasteiger partial charge in [0, 0.05) is 0 Å². The molecular formula is C19H15BrFN3O4. The number of ether oxygens (including phenoxy) is 2. The molecule has 0 heterocycles. The second-order valence-corrected chi connectivity index (χ2v) is 6.29. The van der Waals surface area contributed by atoms with Gasteiger partial charge in [0.05, 0.1) is 11.6 Å². The summed E-state index contributed by atoms with van der Waals surface area (Å²) in [5, 5.41) is 11.0. The van der Waals surface area contributed by atoms with E-state index in [0.29, 0.717) is 21.5 Å². The number of nitrogens with one attached hydrogen (secondary N) is 1. The van der Waals surface area contributed by atoms with Gasteiger partial charge in [0.1, 0.15) is 24.1 Å². The largest absolute Gasteiger partial charge is 0.493 e. The number of carbonyl (C=O) groups excluding carboxylic acids is 2. The van der Waals surface area contributed by atoms with Crippen molar-refractivity contribution in [2.24, 2.45) is 5.73 Å². The molecule has 0 unspecified atom stereocenters. The van der Waals surface area contributed by atoms with Crippen molar-refractivity contribution < 1.29 is 23.5 Å². The number of nitrogens with two attached hydrogens (primary N) is 1. The Kier molecular flexibility index (Phi) is 7.12. The molecule has 0 bridgehead atoms. The molecule has 0 aromatic heterocycles. The fourth-order valence-electron chi connectivity index (χ4n) is 2.19. The Hall–Kier alpha value is -3.38. The molecule has 0 atom stereocenters. The molecule has 0 spiro atoms. The number of nitrogens with zero attached hydrogens (tertiary/aromatic N) is 1. The number of rotatable bonds is 6. The Morgan fingerprint density at radius 1 is 1.32 bits per heavy atom. The number of hydrogen-bond donors (Lipinski definition) is 2. The maximum atomic E-state index is 13.0. The van der Waals surface area contributed by atoms with Crippen molar-refractivity contribution in [3.05, 3.63) is 63.4 Å². The number of primary amides is 1. The van der Waals surface area contributed by atoms with E-state index in [1.165, 1.54) is 25.3 Å². The van der Waals surface area contributed by atoms with Gasteiger partial charge in [-0.05, 0) is 57.4 Å². The number of urea groups is 1. The number of imide groups is 1. The molecule has 3 amide bonds. The number of nitriles is 1. The Bertz CT molecular complexity index is 968. The molecule has 2 aromatic carbocycles. The van der Waals surface area contributed by atoms with Crippen molar-refractivity contribution in [1.29, 1.82) is 5.26 Å². The predicted octanol–water partition coefficient (Wildman–Crippen LogP) is 3.28. The van der Waals surface area contributed by atoms with Crippen molar-refractivity contribution in [1.82, 2.24) is 5.32 Å². The van der Waals surface area contributed by atoms with Gasteiger partial charge in [0.25, 0.3) is 5.91 Å². The van der Waals surface area contributed by atoms with Gasteiger partial charge in [0.15, 0.2) is 11.5 Å². The molecule has 7 nitrogen and oxygen atoms in total. The maximum Gasteiger partial charge on any atom is 0.319 e. The highest BCUT2D eigenvalue weighted by Crippen LogP contribution is 2.37. The Morgan fingerprint density at radius 3 is 2.57 bits per heavy atom. The number of halogens is 2. The normalized spacial score (nSPS) is 10.7. The smallest absolute Gasteiger partial charge is 0.319 e. The number of methoxy groups -OCH3 is 1. The zero-order valence-corrected chi connectivity index (χ0v) is 16.2. The first-order valence-electron chi connectivity index (χ1n) is 7.81. The first kappa shape index (κ1) is 20.9. The highest BCUT2D eigenvalue weighted by atomic mass is 79.9. The van der Waals surface area contributed by atoms with Crippen LogP contribution in [0, 0.1) is 17.1 Å². The molecule has 0 aliphatic heterocycles. The highest BCUT2D eigenvalue weighted by Gasteiger charge is 2.15. The third-order valence-electron chi connectivity index (χ3n) is 3.46. The molecule has 144 valence electrons. The number of hydrogen-bond acceptors (Lipinski definition) is 5. The van der Waals surface area contributed by atoms with Crippen LogP contribution in [0.5, 0.6) is 11.5 Å². The molecular weight excluding hydrogens is 433 g/mol. The average molecular weight is 448 g/mol. The van der Waals surface area contributed by atoms with E-state index in [4.69, 9.17) is 20.5 Å². The SMILES string of the molecule is COc1cc(/C=C(/C#N)C(=O)NC(N)=O)cc(Br)c1OCc1ccc(F)cc1. The fourth-order valence-corrected chi connectivity index (χ4v) is 2.77. The summed E-state index contributed by atoms with van der Waals surface area (Å²) < 4.78 is 24.6. The van der Waals surface area contributed by atoms with E-state index in [1.54, 1.807) is 30.3 Å². The van der Waals surface area contributed by atoms with E-state index in [0.717, 1.165) is 5.56 Å². The molecule has 28 heavy (non-hydrogen) atoms. The average Bonchev–Trinajstić information content (AvgIpc) is 2.65. The van der Waals surface area contributed by atoms with E-state index in [2.05, 4.69) is 15.9 Å². The molecule has 0 aliphatic carbocycles. The quantitative estimate of drug-likeness (QED) is 0.520. The van der Waals surface area contributed by atoms with Crippen LogP contribution in [-0.2, 0) is 11.4 Å². The predicted molar refractivity (Wildman–Crippen MR) is 103 cm³/mol. The summed E-state index contributed by atoms with van der Waals surface area (Å²) in [5.41, 5.74) is 5.79. The van der Waals surface area contributed by atoms with Gasteiger partial charge < -0.3 is 15.2 Å². The van der Waals surface area contributed by atoms with Gasteiger partial charge >= 0.3 is 6.03 Å². The van der Waals surface area contributed by atoms with Gasteiger partial charge in [-0.25, -0.2) is 9.18 Å². The van der Waals surface area contributed by atoms with Crippen LogP contribution in [0.25, 0.3) is 6.08 Å². The minimum absolute atomic E-state index is 0.175. The number of carbonyl (C=O) groups is 2. The molecule has 3 N–H and O–H groups in total. The third-order valence-corrected chi connectivity index (χ3v) is 4.05. The van der Waals surface area contributed by atoms with Crippen LogP contribution in [0.1, 0.15) is 11.1 Å². The monoisotopic (exact) mass is 447 g/mol. The van der Waals surface area contributed by atoms with E-state index in [9.17, 15) is 14.0 Å². The minimum Gasteiger partial charge on any atom is -0.493 e. The zero-order chi connectivity index (χ0) is 20.7. The lowest BCUT2D eigenvalue weighted by molar-refractivity contribution is -0.115. The lowest BCUT2D eigenvalue weighted by atomic mass is 10.1. The first-order valence-corrected chi connectivity index (χ1v) is 8.60. The molecule has 9 heteroatoms. The third kappa shape index (κ3) is 5.56. The Labute approximate surface area is 168 Å². The fraction of sp³-hybridized carbons (Fsp3) is 0.105. The molecule has 2 aromatic rings. The summed E-state index contributed by atoms with van der Waals surface area (Å²) >= 11 is 3.36. The van der Waals surface area contributed by atoms with Crippen molar-refractivity contribution in [2.75, 3.05) is 7.11 Å². The Morgan fingerprint density at radius 2 is 2.00 bits per heavy atom. The van der Waals surface area contributed by atoms with Crippen LogP contribution in [-0.4, -0.2) is 19.0 Å². The number of amides is 3. The van der Waals surface area contributed by atoms with Crippen molar-refractivity contribution in [3.63, 3.8) is 0 Å². The molecule has 0 radical (unpaired) electrons. The minimum atomic E-state index is -1.06. The van der Waals surface area contributed by atoms with Gasteiger partial charge in [-0.1, -0.05) is 12.1 Å². The summed E-state index contributed by atoms with van der Waals surface area (Å²) in [7, 11) is 1.44. The van der Waals surface area contributed by atoms with Crippen LogP contribution in [0.2, 0.25) is 0 Å². The molecule has 0 saturated carbocycles. The van der Waals surface area contributed by atoms with E-state index >= 15 is 0 Å². The zero-order valence-electron chi connectivity index (χ0n) is 14.7. The van der Waals surface area contributed by atoms with E-state index < -0.39 is 11.9 Å². The maximum absolute atomic E-state index is 13.0. The molecule has 2 rings (SSSR count). The summed E-state index contributed by atoms with van der Waals surface area (Å²) in [6.45, 7) is 0.175. The molecule has 0 fully saturated rings. The van der Waals surface area contributed by atoms with Crippen molar-refractivity contribution >= 4 is 33.9 Å². The summed E-state index contributed by atoms with van der Waals surface area (Å²) in [5.74, 6) is -0.520. The number of benzene rings is 2. The highest BCUT2D eigenvalue weighted by molar-refractivity contribution is 9.10.